The molecule has 1 rings (SSSR count). The van der Waals surface area contributed by atoms with Gasteiger partial charge >= 0.3 is 10.3 Å². The summed E-state index contributed by atoms with van der Waals surface area (Å²) >= 11 is 1.25. The molecule has 1 saturated heterocycles. The van der Waals surface area contributed by atoms with E-state index in [1.807, 2.05) is 0 Å². The van der Waals surface area contributed by atoms with E-state index < -0.39 is 21.6 Å². The quantitative estimate of drug-likeness (QED) is 0.497. The molecule has 2 unspecified atom stereocenters. The fraction of sp³-hybridized carbons (Fsp3) is 0.833. The van der Waals surface area contributed by atoms with Gasteiger partial charge in [0.1, 0.15) is 5.37 Å². The van der Waals surface area contributed by atoms with Crippen LogP contribution in [0, 0.1) is 5.92 Å². The second-order valence-corrected chi connectivity index (χ2v) is 5.46. The van der Waals surface area contributed by atoms with E-state index in [0.717, 1.165) is 0 Å². The first-order valence-corrected chi connectivity index (χ1v) is 6.46. The van der Waals surface area contributed by atoms with E-state index in [-0.39, 0.29) is 5.92 Å². The van der Waals surface area contributed by atoms with Gasteiger partial charge < -0.3 is 5.73 Å². The monoisotopic (exact) mass is 240 g/mol. The molecule has 3 N–H and O–H groups in total. The molecule has 0 aliphatic carbocycles. The van der Waals surface area contributed by atoms with Gasteiger partial charge in [-0.3, -0.25) is 9.35 Å². The summed E-state index contributed by atoms with van der Waals surface area (Å²) in [6.07, 6.45) is 0. The number of hydrogen-bond acceptors (Lipinski definition) is 5. The molecular weight excluding hydrogens is 228 g/mol. The number of rotatable bonds is 4. The second kappa shape index (κ2) is 4.05. The van der Waals surface area contributed by atoms with Crippen LogP contribution in [0.25, 0.3) is 0 Å². The third kappa shape index (κ3) is 2.02. The summed E-state index contributed by atoms with van der Waals surface area (Å²) in [5.74, 6) is -0.399. The molecule has 1 aliphatic rings. The predicted octanol–water partition coefficient (Wildman–Crippen LogP) is -0.714. The lowest BCUT2D eigenvalue weighted by Crippen LogP contribution is -2.60. The zero-order chi connectivity index (χ0) is 10.9. The first kappa shape index (κ1) is 11.8. The third-order valence-corrected chi connectivity index (χ3v) is 4.39. The molecule has 1 heterocycles. The van der Waals surface area contributed by atoms with Gasteiger partial charge in [0, 0.05) is 12.3 Å². The van der Waals surface area contributed by atoms with Gasteiger partial charge in [-0.15, -0.1) is 11.8 Å². The number of β-lactam (4-membered cyclic amide) rings is 1. The van der Waals surface area contributed by atoms with Gasteiger partial charge in [0.15, 0.2) is 0 Å². The van der Waals surface area contributed by atoms with E-state index >= 15 is 0 Å². The summed E-state index contributed by atoms with van der Waals surface area (Å²) in [6.45, 7) is 2.03. The minimum atomic E-state index is -4.41. The highest BCUT2D eigenvalue weighted by Crippen LogP contribution is 2.36. The van der Waals surface area contributed by atoms with Crippen molar-refractivity contribution in [1.82, 2.24) is 4.31 Å². The molecule has 0 aromatic carbocycles. The SMILES string of the molecule is CC1C(=O)N(S(=O)(=O)O)C1SCCN. The highest BCUT2D eigenvalue weighted by atomic mass is 32.2. The van der Waals surface area contributed by atoms with E-state index in [9.17, 15) is 13.2 Å². The Bertz CT molecular complexity index is 329. The normalized spacial score (nSPS) is 27.6. The largest absolute Gasteiger partial charge is 0.363 e. The van der Waals surface area contributed by atoms with Crippen LogP contribution in [0.15, 0.2) is 0 Å². The molecule has 0 aromatic heterocycles. The highest BCUT2D eigenvalue weighted by molar-refractivity contribution is 8.00. The summed E-state index contributed by atoms with van der Waals surface area (Å²) in [4.78, 5) is 11.1. The number of thioether (sulfide) groups is 1. The number of nitrogens with zero attached hydrogens (tertiary/aromatic N) is 1. The van der Waals surface area contributed by atoms with E-state index in [2.05, 4.69) is 0 Å². The molecule has 0 aromatic rings. The summed E-state index contributed by atoms with van der Waals surface area (Å²) in [6, 6.07) is 0. The standard InChI is InChI=1S/C6H12N2O4S2/c1-4-5(9)8(14(10,11)12)6(4)13-3-2-7/h4,6H,2-3,7H2,1H3,(H,10,11,12). The summed E-state index contributed by atoms with van der Waals surface area (Å²) in [7, 11) is -4.41. The molecule has 1 aliphatic heterocycles. The van der Waals surface area contributed by atoms with Gasteiger partial charge in [-0.1, -0.05) is 6.92 Å². The Kier molecular flexibility index (Phi) is 3.40. The zero-order valence-corrected chi connectivity index (χ0v) is 9.21. The number of hydrogen-bond donors (Lipinski definition) is 2. The van der Waals surface area contributed by atoms with Crippen molar-refractivity contribution in [1.29, 1.82) is 0 Å². The summed E-state index contributed by atoms with van der Waals surface area (Å²) < 4.78 is 30.7. The van der Waals surface area contributed by atoms with Crippen LogP contribution in [0.1, 0.15) is 6.92 Å². The topological polar surface area (TPSA) is 101 Å². The van der Waals surface area contributed by atoms with Crippen molar-refractivity contribution in [2.45, 2.75) is 12.3 Å². The van der Waals surface area contributed by atoms with Crippen LogP contribution in [-0.2, 0) is 15.1 Å². The van der Waals surface area contributed by atoms with E-state index in [0.29, 0.717) is 16.6 Å². The zero-order valence-electron chi connectivity index (χ0n) is 7.58. The van der Waals surface area contributed by atoms with Crippen LogP contribution >= 0.6 is 11.8 Å². The Morgan fingerprint density at radius 3 is 2.64 bits per heavy atom. The lowest BCUT2D eigenvalue weighted by atomic mass is 10.1. The molecule has 14 heavy (non-hydrogen) atoms. The minimum absolute atomic E-state index is 0.381. The van der Waals surface area contributed by atoms with Crippen LogP contribution in [0.2, 0.25) is 0 Å². The maximum Gasteiger partial charge on any atom is 0.363 e. The smallest absolute Gasteiger partial charge is 0.330 e. The van der Waals surface area contributed by atoms with Crippen LogP contribution in [0.5, 0.6) is 0 Å². The van der Waals surface area contributed by atoms with Crippen molar-refractivity contribution in [3.05, 3.63) is 0 Å². The lowest BCUT2D eigenvalue weighted by molar-refractivity contribution is -0.141. The van der Waals surface area contributed by atoms with Crippen molar-refractivity contribution in [2.75, 3.05) is 12.3 Å². The van der Waals surface area contributed by atoms with E-state index in [1.54, 1.807) is 6.92 Å². The van der Waals surface area contributed by atoms with Crippen molar-refractivity contribution in [3.8, 4) is 0 Å². The second-order valence-electron chi connectivity index (χ2n) is 2.95. The van der Waals surface area contributed by atoms with Gasteiger partial charge in [-0.2, -0.15) is 8.42 Å². The average molecular weight is 240 g/mol. The molecule has 8 heteroatoms. The third-order valence-electron chi connectivity index (χ3n) is 1.92. The van der Waals surface area contributed by atoms with Gasteiger partial charge in [0.25, 0.3) is 0 Å². The number of amides is 1. The molecule has 6 nitrogen and oxygen atoms in total. The Morgan fingerprint density at radius 1 is 1.64 bits per heavy atom. The molecule has 0 spiro atoms. The molecule has 0 saturated carbocycles. The van der Waals surface area contributed by atoms with Crippen LogP contribution in [0.3, 0.4) is 0 Å². The first-order valence-electron chi connectivity index (χ1n) is 4.02. The summed E-state index contributed by atoms with van der Waals surface area (Å²) in [5.41, 5.74) is 5.25. The Morgan fingerprint density at radius 2 is 2.21 bits per heavy atom. The Labute approximate surface area is 86.7 Å². The van der Waals surface area contributed by atoms with Gasteiger partial charge in [-0.05, 0) is 0 Å². The van der Waals surface area contributed by atoms with Gasteiger partial charge in [0.05, 0.1) is 5.92 Å². The molecule has 1 amide bonds. The lowest BCUT2D eigenvalue weighted by Gasteiger charge is -2.41. The molecule has 1 fully saturated rings. The van der Waals surface area contributed by atoms with E-state index in [1.165, 1.54) is 11.8 Å². The fourth-order valence-electron chi connectivity index (χ4n) is 1.21. The number of carbonyl (C=O) groups is 1. The van der Waals surface area contributed by atoms with Crippen molar-refractivity contribution >= 4 is 28.0 Å². The highest BCUT2D eigenvalue weighted by Gasteiger charge is 2.50. The van der Waals surface area contributed by atoms with Gasteiger partial charge in [-0.25, -0.2) is 4.31 Å². The van der Waals surface area contributed by atoms with E-state index in [4.69, 9.17) is 10.3 Å². The maximum atomic E-state index is 11.1. The molecule has 0 radical (unpaired) electrons. The fourth-order valence-corrected chi connectivity index (χ4v) is 3.58. The average Bonchev–Trinajstić information content (AvgIpc) is 2.08. The number of carbonyl (C=O) groups excluding carboxylic acids is 1. The molecular formula is C6H12N2O4S2. The minimum Gasteiger partial charge on any atom is -0.330 e. The molecule has 0 bridgehead atoms. The summed E-state index contributed by atoms with van der Waals surface area (Å²) in [5, 5.41) is -0.513. The van der Waals surface area contributed by atoms with Crippen LogP contribution in [-0.4, -0.2) is 40.9 Å². The van der Waals surface area contributed by atoms with Crippen molar-refractivity contribution in [2.24, 2.45) is 11.7 Å². The molecule has 82 valence electrons. The van der Waals surface area contributed by atoms with Crippen LogP contribution in [0.4, 0.5) is 0 Å². The van der Waals surface area contributed by atoms with Gasteiger partial charge in [0.2, 0.25) is 5.91 Å². The number of nitrogens with two attached hydrogens (primary N) is 1. The predicted molar refractivity (Wildman–Crippen MR) is 52.9 cm³/mol. The maximum absolute atomic E-state index is 11.1. The first-order chi connectivity index (χ1) is 6.39. The molecule has 2 atom stereocenters. The van der Waals surface area contributed by atoms with Crippen LogP contribution < -0.4 is 5.73 Å². The Hall–Kier alpha value is -0.310. The Balaban J connectivity index is 2.70. The van der Waals surface area contributed by atoms with Crippen molar-refractivity contribution < 1.29 is 17.8 Å². The van der Waals surface area contributed by atoms with Crippen molar-refractivity contribution in [3.63, 3.8) is 0 Å².